The van der Waals surface area contributed by atoms with E-state index in [1.807, 2.05) is 0 Å². The van der Waals surface area contributed by atoms with Crippen LogP contribution in [-0.2, 0) is 0 Å². The molecule has 0 amide bonds. The van der Waals surface area contributed by atoms with Gasteiger partial charge in [-0.05, 0) is 57.5 Å². The van der Waals surface area contributed by atoms with Crippen molar-refractivity contribution in [3.05, 3.63) is 0 Å². The Morgan fingerprint density at radius 2 is 1.89 bits per heavy atom. The van der Waals surface area contributed by atoms with Crippen LogP contribution in [0.2, 0.25) is 0 Å². The molecule has 0 aromatic carbocycles. The molecule has 0 spiro atoms. The van der Waals surface area contributed by atoms with Crippen LogP contribution in [0.4, 0.5) is 0 Å². The first-order valence-electron chi connectivity index (χ1n) is 8.19. The van der Waals surface area contributed by atoms with Crippen LogP contribution in [0, 0.1) is 5.92 Å². The van der Waals surface area contributed by atoms with Crippen molar-refractivity contribution in [2.75, 3.05) is 13.1 Å². The fraction of sp³-hybridized carbons (Fsp3) is 1.00. The molecule has 106 valence electrons. The predicted molar refractivity (Wildman–Crippen MR) is 78.9 cm³/mol. The molecule has 2 fully saturated rings. The van der Waals surface area contributed by atoms with E-state index < -0.39 is 0 Å². The molecule has 2 heteroatoms. The molecule has 2 unspecified atom stereocenters. The molecule has 0 heterocycles. The second-order valence-corrected chi connectivity index (χ2v) is 6.73. The van der Waals surface area contributed by atoms with E-state index in [-0.39, 0.29) is 0 Å². The van der Waals surface area contributed by atoms with E-state index in [9.17, 15) is 0 Å². The molecule has 0 aromatic heterocycles. The Hall–Kier alpha value is -0.0800. The van der Waals surface area contributed by atoms with Crippen molar-refractivity contribution in [1.82, 2.24) is 10.2 Å². The van der Waals surface area contributed by atoms with Gasteiger partial charge in [-0.25, -0.2) is 0 Å². The van der Waals surface area contributed by atoms with Gasteiger partial charge >= 0.3 is 0 Å². The molecule has 1 N–H and O–H groups in total. The monoisotopic (exact) mass is 252 g/mol. The zero-order valence-corrected chi connectivity index (χ0v) is 12.6. The van der Waals surface area contributed by atoms with E-state index in [0.29, 0.717) is 0 Å². The Kier molecular flexibility index (Phi) is 5.50. The van der Waals surface area contributed by atoms with Gasteiger partial charge in [0.1, 0.15) is 0 Å². The summed E-state index contributed by atoms with van der Waals surface area (Å²) < 4.78 is 0. The van der Waals surface area contributed by atoms with Gasteiger partial charge in [0, 0.05) is 18.1 Å². The van der Waals surface area contributed by atoms with Crippen molar-refractivity contribution in [3.63, 3.8) is 0 Å². The van der Waals surface area contributed by atoms with Gasteiger partial charge in [-0.2, -0.15) is 0 Å². The molecule has 2 saturated carbocycles. The molecular formula is C16H32N2. The molecule has 2 aliphatic rings. The molecule has 18 heavy (non-hydrogen) atoms. The van der Waals surface area contributed by atoms with Gasteiger partial charge < -0.3 is 5.32 Å². The second kappa shape index (κ2) is 6.91. The van der Waals surface area contributed by atoms with Crippen LogP contribution in [0.15, 0.2) is 0 Å². The molecule has 2 aliphatic carbocycles. The minimum absolute atomic E-state index is 0.786. The fourth-order valence-corrected chi connectivity index (χ4v) is 3.42. The molecule has 0 radical (unpaired) electrons. The van der Waals surface area contributed by atoms with Gasteiger partial charge in [0.25, 0.3) is 0 Å². The van der Waals surface area contributed by atoms with Crippen LogP contribution >= 0.6 is 0 Å². The molecular weight excluding hydrogens is 220 g/mol. The number of hydrogen-bond acceptors (Lipinski definition) is 2. The van der Waals surface area contributed by atoms with E-state index in [0.717, 1.165) is 30.6 Å². The van der Waals surface area contributed by atoms with Crippen molar-refractivity contribution in [2.24, 2.45) is 5.92 Å². The summed E-state index contributed by atoms with van der Waals surface area (Å²) >= 11 is 0. The van der Waals surface area contributed by atoms with E-state index in [2.05, 4.69) is 31.0 Å². The first-order valence-corrected chi connectivity index (χ1v) is 8.19. The van der Waals surface area contributed by atoms with Crippen LogP contribution in [0.3, 0.4) is 0 Å². The maximum atomic E-state index is 3.67. The summed E-state index contributed by atoms with van der Waals surface area (Å²) in [5.41, 5.74) is 0. The van der Waals surface area contributed by atoms with Crippen molar-refractivity contribution in [3.8, 4) is 0 Å². The Balaban J connectivity index is 1.84. The Morgan fingerprint density at radius 1 is 1.11 bits per heavy atom. The van der Waals surface area contributed by atoms with E-state index in [4.69, 9.17) is 0 Å². The standard InChI is InChI=1S/C16H32N2/c1-4-17-14-6-5-7-16(12-14)18(15-8-9-15)11-10-13(2)3/h13-17H,4-12H2,1-3H3. The van der Waals surface area contributed by atoms with Gasteiger partial charge in [-0.15, -0.1) is 0 Å². The number of hydrogen-bond donors (Lipinski definition) is 1. The normalized spacial score (nSPS) is 29.2. The molecule has 0 aromatic rings. The smallest absolute Gasteiger partial charge is 0.0113 e. The molecule has 0 aliphatic heterocycles. The van der Waals surface area contributed by atoms with Gasteiger partial charge in [-0.1, -0.05) is 27.2 Å². The minimum atomic E-state index is 0.786. The lowest BCUT2D eigenvalue weighted by Gasteiger charge is -2.38. The largest absolute Gasteiger partial charge is 0.314 e. The summed E-state index contributed by atoms with van der Waals surface area (Å²) in [5.74, 6) is 0.847. The lowest BCUT2D eigenvalue weighted by molar-refractivity contribution is 0.125. The summed E-state index contributed by atoms with van der Waals surface area (Å²) in [7, 11) is 0. The third kappa shape index (κ3) is 4.24. The number of nitrogens with zero attached hydrogens (tertiary/aromatic N) is 1. The second-order valence-electron chi connectivity index (χ2n) is 6.73. The summed E-state index contributed by atoms with van der Waals surface area (Å²) in [5, 5.41) is 3.67. The highest BCUT2D eigenvalue weighted by atomic mass is 15.2. The SMILES string of the molecule is CCNC1CCCC(N(CCC(C)C)C2CC2)C1. The summed E-state index contributed by atoms with van der Waals surface area (Å²) in [6.45, 7) is 9.42. The highest BCUT2D eigenvalue weighted by molar-refractivity contribution is 4.92. The van der Waals surface area contributed by atoms with Crippen LogP contribution in [0.1, 0.15) is 65.7 Å². The third-order valence-corrected chi connectivity index (χ3v) is 4.59. The first-order chi connectivity index (χ1) is 8.70. The topological polar surface area (TPSA) is 15.3 Å². The molecule has 2 atom stereocenters. The predicted octanol–water partition coefficient (Wildman–Crippen LogP) is 3.42. The Morgan fingerprint density at radius 3 is 2.50 bits per heavy atom. The Labute approximate surface area is 114 Å². The highest BCUT2D eigenvalue weighted by Gasteiger charge is 2.35. The van der Waals surface area contributed by atoms with E-state index >= 15 is 0 Å². The first kappa shape index (κ1) is 14.3. The summed E-state index contributed by atoms with van der Waals surface area (Å²) in [6, 6.07) is 2.59. The number of rotatable bonds is 7. The van der Waals surface area contributed by atoms with Gasteiger partial charge in [0.05, 0.1) is 0 Å². The molecule has 2 rings (SSSR count). The van der Waals surface area contributed by atoms with Crippen molar-refractivity contribution in [1.29, 1.82) is 0 Å². The molecule has 2 nitrogen and oxygen atoms in total. The quantitative estimate of drug-likeness (QED) is 0.747. The van der Waals surface area contributed by atoms with E-state index in [1.54, 1.807) is 0 Å². The van der Waals surface area contributed by atoms with Crippen molar-refractivity contribution < 1.29 is 0 Å². The van der Waals surface area contributed by atoms with Crippen molar-refractivity contribution >= 4 is 0 Å². The summed E-state index contributed by atoms with van der Waals surface area (Å²) in [4.78, 5) is 2.86. The van der Waals surface area contributed by atoms with Crippen LogP contribution < -0.4 is 5.32 Å². The summed E-state index contributed by atoms with van der Waals surface area (Å²) in [6.07, 6.45) is 9.94. The molecule has 0 saturated heterocycles. The van der Waals surface area contributed by atoms with Crippen LogP contribution in [0.5, 0.6) is 0 Å². The average molecular weight is 252 g/mol. The van der Waals surface area contributed by atoms with Gasteiger partial charge in [-0.3, -0.25) is 4.90 Å². The van der Waals surface area contributed by atoms with Gasteiger partial charge in [0.15, 0.2) is 0 Å². The number of nitrogens with one attached hydrogen (secondary N) is 1. The third-order valence-electron chi connectivity index (χ3n) is 4.59. The van der Waals surface area contributed by atoms with E-state index in [1.165, 1.54) is 51.5 Å². The zero-order valence-electron chi connectivity index (χ0n) is 12.6. The maximum Gasteiger partial charge on any atom is 0.0113 e. The van der Waals surface area contributed by atoms with Gasteiger partial charge in [0.2, 0.25) is 0 Å². The maximum absolute atomic E-state index is 3.67. The average Bonchev–Trinajstić information content (AvgIpc) is 3.14. The lowest BCUT2D eigenvalue weighted by atomic mass is 9.89. The minimum Gasteiger partial charge on any atom is -0.314 e. The fourth-order valence-electron chi connectivity index (χ4n) is 3.42. The Bertz CT molecular complexity index is 233. The van der Waals surface area contributed by atoms with Crippen LogP contribution in [-0.4, -0.2) is 36.1 Å². The highest BCUT2D eigenvalue weighted by Crippen LogP contribution is 2.34. The van der Waals surface area contributed by atoms with Crippen molar-refractivity contribution in [2.45, 2.75) is 83.8 Å². The lowest BCUT2D eigenvalue weighted by Crippen LogP contribution is -2.45. The zero-order chi connectivity index (χ0) is 13.0. The van der Waals surface area contributed by atoms with Crippen LogP contribution in [0.25, 0.3) is 0 Å². The molecule has 0 bridgehead atoms.